The van der Waals surface area contributed by atoms with Crippen LogP contribution in [-0.2, 0) is 11.3 Å². The number of fused-ring (bicyclic) bond motifs is 1. The van der Waals surface area contributed by atoms with Gasteiger partial charge < -0.3 is 10.1 Å². The Morgan fingerprint density at radius 3 is 3.17 bits per heavy atom. The SMILES string of the molecule is Cc1nc(CN2CCO[C@@H]3[C@@H](CNc4cccnc4)CC[C@@H]32)cs1. The minimum atomic E-state index is 0.336. The van der Waals surface area contributed by atoms with Crippen LogP contribution >= 0.6 is 11.3 Å². The van der Waals surface area contributed by atoms with Crippen LogP contribution in [0.3, 0.4) is 0 Å². The van der Waals surface area contributed by atoms with Gasteiger partial charge in [-0.3, -0.25) is 9.88 Å². The van der Waals surface area contributed by atoms with Crippen LogP contribution in [-0.4, -0.2) is 46.7 Å². The maximum Gasteiger partial charge on any atom is 0.0897 e. The fraction of sp³-hybridized carbons (Fsp3) is 0.556. The maximum absolute atomic E-state index is 6.16. The van der Waals surface area contributed by atoms with Gasteiger partial charge in [-0.05, 0) is 31.9 Å². The first kappa shape index (κ1) is 16.0. The monoisotopic (exact) mass is 344 g/mol. The average molecular weight is 344 g/mol. The van der Waals surface area contributed by atoms with Crippen molar-refractivity contribution in [2.24, 2.45) is 5.92 Å². The molecule has 1 saturated carbocycles. The third-order valence-electron chi connectivity index (χ3n) is 5.10. The molecule has 0 spiro atoms. The molecule has 0 unspecified atom stereocenters. The topological polar surface area (TPSA) is 50.3 Å². The molecule has 3 atom stereocenters. The fourth-order valence-electron chi connectivity index (χ4n) is 3.96. The number of pyridine rings is 1. The normalized spacial score (nSPS) is 27.1. The molecule has 1 N–H and O–H groups in total. The second kappa shape index (κ2) is 7.17. The van der Waals surface area contributed by atoms with Crippen molar-refractivity contribution < 1.29 is 4.74 Å². The van der Waals surface area contributed by atoms with Gasteiger partial charge in [-0.2, -0.15) is 0 Å². The van der Waals surface area contributed by atoms with Crippen molar-refractivity contribution in [3.8, 4) is 0 Å². The molecule has 0 radical (unpaired) electrons. The van der Waals surface area contributed by atoms with E-state index in [1.807, 2.05) is 12.3 Å². The summed E-state index contributed by atoms with van der Waals surface area (Å²) in [5.74, 6) is 0.565. The second-order valence-corrected chi connectivity index (χ2v) is 7.75. The predicted octanol–water partition coefficient (Wildman–Crippen LogP) is 2.94. The van der Waals surface area contributed by atoms with Crippen molar-refractivity contribution in [1.82, 2.24) is 14.9 Å². The summed E-state index contributed by atoms with van der Waals surface area (Å²) in [7, 11) is 0. The molecule has 0 aromatic carbocycles. The number of nitrogens with one attached hydrogen (secondary N) is 1. The molecule has 2 aliphatic rings. The lowest BCUT2D eigenvalue weighted by Gasteiger charge is -2.39. The van der Waals surface area contributed by atoms with E-state index in [0.29, 0.717) is 18.1 Å². The van der Waals surface area contributed by atoms with Crippen molar-refractivity contribution in [2.75, 3.05) is 25.0 Å². The van der Waals surface area contributed by atoms with E-state index in [1.165, 1.54) is 18.5 Å². The maximum atomic E-state index is 6.16. The van der Waals surface area contributed by atoms with Crippen molar-refractivity contribution >= 4 is 17.0 Å². The molecule has 0 bridgehead atoms. The number of aryl methyl sites for hydroxylation is 1. The van der Waals surface area contributed by atoms with Crippen LogP contribution in [0.5, 0.6) is 0 Å². The number of hydrogen-bond acceptors (Lipinski definition) is 6. The Morgan fingerprint density at radius 2 is 2.38 bits per heavy atom. The van der Waals surface area contributed by atoms with Gasteiger partial charge in [0.05, 0.1) is 29.1 Å². The number of aromatic nitrogens is 2. The molecule has 4 rings (SSSR count). The molecule has 2 aromatic rings. The third kappa shape index (κ3) is 3.45. The first-order valence-corrected chi connectivity index (χ1v) is 9.58. The van der Waals surface area contributed by atoms with Gasteiger partial charge in [-0.1, -0.05) is 0 Å². The molecule has 24 heavy (non-hydrogen) atoms. The minimum absolute atomic E-state index is 0.336. The van der Waals surface area contributed by atoms with Crippen molar-refractivity contribution in [3.63, 3.8) is 0 Å². The van der Waals surface area contributed by atoms with E-state index in [2.05, 4.69) is 38.6 Å². The molecule has 5 nitrogen and oxygen atoms in total. The number of thiazole rings is 1. The summed E-state index contributed by atoms with van der Waals surface area (Å²) in [5.41, 5.74) is 2.29. The van der Waals surface area contributed by atoms with Crippen molar-refractivity contribution in [1.29, 1.82) is 0 Å². The van der Waals surface area contributed by atoms with Crippen LogP contribution in [0.15, 0.2) is 29.9 Å². The molecular weight excluding hydrogens is 320 g/mol. The Labute approximate surface area is 147 Å². The van der Waals surface area contributed by atoms with Gasteiger partial charge in [0.25, 0.3) is 0 Å². The van der Waals surface area contributed by atoms with E-state index in [0.717, 1.165) is 36.9 Å². The van der Waals surface area contributed by atoms with E-state index in [4.69, 9.17) is 4.74 Å². The van der Waals surface area contributed by atoms with Gasteiger partial charge in [0, 0.05) is 49.4 Å². The Morgan fingerprint density at radius 1 is 1.42 bits per heavy atom. The molecule has 2 fully saturated rings. The van der Waals surface area contributed by atoms with Gasteiger partial charge in [0.2, 0.25) is 0 Å². The van der Waals surface area contributed by atoms with E-state index in [9.17, 15) is 0 Å². The Bertz CT molecular complexity index is 662. The molecule has 1 aliphatic carbocycles. The highest BCUT2D eigenvalue weighted by molar-refractivity contribution is 7.09. The van der Waals surface area contributed by atoms with Gasteiger partial charge in [0.15, 0.2) is 0 Å². The fourth-order valence-corrected chi connectivity index (χ4v) is 4.56. The highest BCUT2D eigenvalue weighted by atomic mass is 32.1. The molecule has 2 aromatic heterocycles. The second-order valence-electron chi connectivity index (χ2n) is 6.69. The average Bonchev–Trinajstić information content (AvgIpc) is 3.21. The predicted molar refractivity (Wildman–Crippen MR) is 96.2 cm³/mol. The van der Waals surface area contributed by atoms with Crippen LogP contribution < -0.4 is 5.32 Å². The minimum Gasteiger partial charge on any atom is -0.383 e. The van der Waals surface area contributed by atoms with Crippen LogP contribution in [0.1, 0.15) is 23.5 Å². The summed E-state index contributed by atoms with van der Waals surface area (Å²) in [6.45, 7) is 5.83. The lowest BCUT2D eigenvalue weighted by Crippen LogP contribution is -2.50. The Balaban J connectivity index is 1.37. The summed E-state index contributed by atoms with van der Waals surface area (Å²) in [6, 6.07) is 4.56. The van der Waals surface area contributed by atoms with Gasteiger partial charge in [0.1, 0.15) is 0 Å². The van der Waals surface area contributed by atoms with Crippen LogP contribution in [0.4, 0.5) is 5.69 Å². The van der Waals surface area contributed by atoms with Crippen LogP contribution in [0.25, 0.3) is 0 Å². The first-order chi connectivity index (χ1) is 11.8. The molecule has 3 heterocycles. The molecule has 128 valence electrons. The van der Waals surface area contributed by atoms with E-state index < -0.39 is 0 Å². The van der Waals surface area contributed by atoms with Gasteiger partial charge in [-0.25, -0.2) is 4.98 Å². The van der Waals surface area contributed by atoms with E-state index >= 15 is 0 Å². The number of ether oxygens (including phenoxy) is 1. The standard InChI is InChI=1S/C18H24N4OS/c1-13-21-16(12-24-13)11-22-7-8-23-18-14(4-5-17(18)22)9-20-15-3-2-6-19-10-15/h2-3,6,10,12,14,17-18,20H,4-5,7-9,11H2,1H3/t14-,17+,18-/m1/s1. The van der Waals surface area contributed by atoms with Crippen LogP contribution in [0.2, 0.25) is 0 Å². The summed E-state index contributed by atoms with van der Waals surface area (Å²) >= 11 is 1.74. The third-order valence-corrected chi connectivity index (χ3v) is 5.92. The summed E-state index contributed by atoms with van der Waals surface area (Å²) in [5, 5.41) is 6.86. The summed E-state index contributed by atoms with van der Waals surface area (Å²) < 4.78 is 6.16. The Kier molecular flexibility index (Phi) is 4.78. The highest BCUT2D eigenvalue weighted by Gasteiger charge is 2.42. The number of anilines is 1. The van der Waals surface area contributed by atoms with Gasteiger partial charge >= 0.3 is 0 Å². The number of morpholine rings is 1. The zero-order chi connectivity index (χ0) is 16.4. The van der Waals surface area contributed by atoms with Crippen molar-refractivity contribution in [2.45, 2.75) is 38.5 Å². The lowest BCUT2D eigenvalue weighted by atomic mass is 10.0. The molecule has 1 aliphatic heterocycles. The molecule has 6 heteroatoms. The van der Waals surface area contributed by atoms with Crippen LogP contribution in [0, 0.1) is 12.8 Å². The zero-order valence-corrected chi connectivity index (χ0v) is 14.8. The largest absolute Gasteiger partial charge is 0.383 e. The molecule has 0 amide bonds. The zero-order valence-electron chi connectivity index (χ0n) is 14.0. The summed E-state index contributed by atoms with van der Waals surface area (Å²) in [4.78, 5) is 11.4. The van der Waals surface area contributed by atoms with E-state index in [-0.39, 0.29) is 0 Å². The summed E-state index contributed by atoms with van der Waals surface area (Å²) in [6.07, 6.45) is 6.45. The van der Waals surface area contributed by atoms with Crippen molar-refractivity contribution in [3.05, 3.63) is 40.6 Å². The number of hydrogen-bond donors (Lipinski definition) is 1. The van der Waals surface area contributed by atoms with Gasteiger partial charge in [-0.15, -0.1) is 11.3 Å². The van der Waals surface area contributed by atoms with E-state index in [1.54, 1.807) is 17.5 Å². The first-order valence-electron chi connectivity index (χ1n) is 8.70. The smallest absolute Gasteiger partial charge is 0.0897 e. The Hall–Kier alpha value is -1.50. The quantitative estimate of drug-likeness (QED) is 0.904. The molecule has 1 saturated heterocycles. The number of nitrogens with zero attached hydrogens (tertiary/aromatic N) is 3. The lowest BCUT2D eigenvalue weighted by molar-refractivity contribution is -0.0747. The number of rotatable bonds is 5. The highest BCUT2D eigenvalue weighted by Crippen LogP contribution is 2.35. The molecular formula is C18H24N4OS.